The maximum absolute atomic E-state index is 12.6. The highest BCUT2D eigenvalue weighted by atomic mass is 16.5. The van der Waals surface area contributed by atoms with Gasteiger partial charge in [0.25, 0.3) is 5.91 Å². The van der Waals surface area contributed by atoms with Crippen LogP contribution in [0.25, 0.3) is 0 Å². The van der Waals surface area contributed by atoms with Crippen LogP contribution < -0.4 is 10.6 Å². The van der Waals surface area contributed by atoms with Crippen molar-refractivity contribution in [1.29, 1.82) is 0 Å². The van der Waals surface area contributed by atoms with E-state index in [9.17, 15) is 9.59 Å². The highest BCUT2D eigenvalue weighted by molar-refractivity contribution is 6.07. The number of para-hydroxylation sites is 1. The van der Waals surface area contributed by atoms with Crippen molar-refractivity contribution in [3.63, 3.8) is 0 Å². The van der Waals surface area contributed by atoms with Gasteiger partial charge in [-0.2, -0.15) is 0 Å². The number of carbonyl (C=O) groups is 2. The van der Waals surface area contributed by atoms with E-state index in [1.54, 1.807) is 61.9 Å². The number of hydrogen-bond acceptors (Lipinski definition) is 6. The Morgan fingerprint density at radius 1 is 1.07 bits per heavy atom. The van der Waals surface area contributed by atoms with Gasteiger partial charge in [0.1, 0.15) is 5.69 Å². The van der Waals surface area contributed by atoms with E-state index in [0.717, 1.165) is 11.3 Å². The second-order valence-corrected chi connectivity index (χ2v) is 5.86. The SMILES string of the molecule is CCOC(=O)c1ccccc1NC(=O)c1cc(NCc2cccnc2)ccn1. The molecule has 0 saturated carbocycles. The van der Waals surface area contributed by atoms with Gasteiger partial charge in [-0.1, -0.05) is 18.2 Å². The van der Waals surface area contributed by atoms with E-state index < -0.39 is 11.9 Å². The minimum absolute atomic E-state index is 0.231. The van der Waals surface area contributed by atoms with Crippen LogP contribution in [-0.4, -0.2) is 28.5 Å². The summed E-state index contributed by atoms with van der Waals surface area (Å²) in [5, 5.41) is 5.96. The number of nitrogens with zero attached hydrogens (tertiary/aromatic N) is 2. The number of nitrogens with one attached hydrogen (secondary N) is 2. The number of amides is 1. The minimum atomic E-state index is -0.488. The van der Waals surface area contributed by atoms with Crippen molar-refractivity contribution in [3.8, 4) is 0 Å². The van der Waals surface area contributed by atoms with Crippen LogP contribution in [0.15, 0.2) is 67.1 Å². The molecule has 7 heteroatoms. The molecule has 1 aromatic carbocycles. The zero-order chi connectivity index (χ0) is 19.8. The van der Waals surface area contributed by atoms with E-state index >= 15 is 0 Å². The molecule has 2 heterocycles. The van der Waals surface area contributed by atoms with Crippen molar-refractivity contribution in [1.82, 2.24) is 9.97 Å². The van der Waals surface area contributed by atoms with Gasteiger partial charge in [-0.25, -0.2) is 4.79 Å². The Bertz CT molecular complexity index is 961. The molecular weight excluding hydrogens is 356 g/mol. The number of pyridine rings is 2. The molecule has 7 nitrogen and oxygen atoms in total. The van der Waals surface area contributed by atoms with Crippen molar-refractivity contribution in [2.75, 3.05) is 17.2 Å². The summed E-state index contributed by atoms with van der Waals surface area (Å²) < 4.78 is 5.03. The number of ether oxygens (including phenoxy) is 1. The minimum Gasteiger partial charge on any atom is -0.462 e. The second kappa shape index (κ2) is 9.27. The largest absolute Gasteiger partial charge is 0.462 e. The molecule has 3 rings (SSSR count). The number of hydrogen-bond donors (Lipinski definition) is 2. The molecule has 0 saturated heterocycles. The Labute approximate surface area is 162 Å². The molecule has 0 fully saturated rings. The van der Waals surface area contributed by atoms with E-state index in [1.807, 2.05) is 12.1 Å². The molecule has 0 radical (unpaired) electrons. The van der Waals surface area contributed by atoms with Gasteiger partial charge in [-0.05, 0) is 42.8 Å². The first kappa shape index (κ1) is 19.0. The zero-order valence-electron chi connectivity index (χ0n) is 15.4. The molecule has 0 aliphatic carbocycles. The Hall–Kier alpha value is -3.74. The summed E-state index contributed by atoms with van der Waals surface area (Å²) in [6.07, 6.45) is 5.04. The van der Waals surface area contributed by atoms with E-state index in [1.165, 1.54) is 0 Å². The Balaban J connectivity index is 1.71. The molecule has 3 aromatic rings. The molecule has 1 amide bonds. The topological polar surface area (TPSA) is 93.2 Å². The van der Waals surface area contributed by atoms with Crippen LogP contribution in [0.2, 0.25) is 0 Å². The van der Waals surface area contributed by atoms with Crippen LogP contribution in [0, 0.1) is 0 Å². The van der Waals surface area contributed by atoms with Crippen molar-refractivity contribution in [3.05, 3.63) is 83.9 Å². The maximum atomic E-state index is 12.6. The summed E-state index contributed by atoms with van der Waals surface area (Å²) >= 11 is 0. The third-order valence-corrected chi connectivity index (χ3v) is 3.88. The van der Waals surface area contributed by atoms with E-state index in [-0.39, 0.29) is 12.3 Å². The highest BCUT2D eigenvalue weighted by Gasteiger charge is 2.15. The second-order valence-electron chi connectivity index (χ2n) is 5.86. The number of anilines is 2. The molecule has 0 aliphatic rings. The summed E-state index contributed by atoms with van der Waals surface area (Å²) in [5.41, 5.74) is 2.68. The molecule has 0 bridgehead atoms. The van der Waals surface area contributed by atoms with Crippen molar-refractivity contribution in [2.45, 2.75) is 13.5 Å². The average molecular weight is 376 g/mol. The van der Waals surface area contributed by atoms with Gasteiger partial charge in [-0.15, -0.1) is 0 Å². The Kier molecular flexibility index (Phi) is 6.30. The van der Waals surface area contributed by atoms with E-state index in [2.05, 4.69) is 20.6 Å². The lowest BCUT2D eigenvalue weighted by molar-refractivity contribution is 0.0527. The van der Waals surface area contributed by atoms with Gasteiger partial charge >= 0.3 is 5.97 Å². The first-order valence-corrected chi connectivity index (χ1v) is 8.83. The van der Waals surface area contributed by atoms with Crippen LogP contribution >= 0.6 is 0 Å². The number of rotatable bonds is 7. The first-order valence-electron chi connectivity index (χ1n) is 8.83. The number of aromatic nitrogens is 2. The van der Waals surface area contributed by atoms with Crippen LogP contribution in [-0.2, 0) is 11.3 Å². The predicted octanol–water partition coefficient (Wildman–Crippen LogP) is 3.52. The molecule has 28 heavy (non-hydrogen) atoms. The maximum Gasteiger partial charge on any atom is 0.340 e. The lowest BCUT2D eigenvalue weighted by atomic mass is 10.1. The standard InChI is InChI=1S/C21H20N4O3/c1-2-28-21(27)17-7-3-4-8-18(17)25-20(26)19-12-16(9-11-23-19)24-14-15-6-5-10-22-13-15/h3-13H,2,14H2,1H3,(H,23,24)(H,25,26). The van der Waals surface area contributed by atoms with Gasteiger partial charge in [0, 0.05) is 30.8 Å². The van der Waals surface area contributed by atoms with Crippen molar-refractivity contribution in [2.24, 2.45) is 0 Å². The third-order valence-electron chi connectivity index (χ3n) is 3.88. The van der Waals surface area contributed by atoms with Gasteiger partial charge in [0.2, 0.25) is 0 Å². The highest BCUT2D eigenvalue weighted by Crippen LogP contribution is 2.18. The fourth-order valence-corrected chi connectivity index (χ4v) is 2.54. The number of carbonyl (C=O) groups excluding carboxylic acids is 2. The smallest absolute Gasteiger partial charge is 0.340 e. The van der Waals surface area contributed by atoms with Crippen LogP contribution in [0.3, 0.4) is 0 Å². The monoisotopic (exact) mass is 376 g/mol. The van der Waals surface area contributed by atoms with Gasteiger partial charge in [0.15, 0.2) is 0 Å². The van der Waals surface area contributed by atoms with E-state index in [4.69, 9.17) is 4.74 Å². The Morgan fingerprint density at radius 2 is 1.93 bits per heavy atom. The number of esters is 1. The molecule has 2 N–H and O–H groups in total. The van der Waals surface area contributed by atoms with Gasteiger partial charge < -0.3 is 15.4 Å². The lowest BCUT2D eigenvalue weighted by Crippen LogP contribution is -2.17. The summed E-state index contributed by atoms with van der Waals surface area (Å²) in [5.74, 6) is -0.903. The molecular formula is C21H20N4O3. The molecule has 0 spiro atoms. The van der Waals surface area contributed by atoms with Crippen molar-refractivity contribution >= 4 is 23.3 Å². The molecule has 142 valence electrons. The Morgan fingerprint density at radius 3 is 2.71 bits per heavy atom. The fraction of sp³-hybridized carbons (Fsp3) is 0.143. The van der Waals surface area contributed by atoms with Gasteiger partial charge in [0.05, 0.1) is 17.9 Å². The van der Waals surface area contributed by atoms with E-state index in [0.29, 0.717) is 17.8 Å². The molecule has 2 aromatic heterocycles. The number of benzene rings is 1. The van der Waals surface area contributed by atoms with Crippen LogP contribution in [0.4, 0.5) is 11.4 Å². The first-order chi connectivity index (χ1) is 13.7. The normalized spacial score (nSPS) is 10.2. The summed E-state index contributed by atoms with van der Waals surface area (Å²) in [6, 6.07) is 13.9. The summed E-state index contributed by atoms with van der Waals surface area (Å²) in [4.78, 5) is 32.9. The third kappa shape index (κ3) is 4.91. The van der Waals surface area contributed by atoms with Gasteiger partial charge in [-0.3, -0.25) is 14.8 Å². The van der Waals surface area contributed by atoms with Crippen LogP contribution in [0.1, 0.15) is 33.3 Å². The molecule has 0 aliphatic heterocycles. The predicted molar refractivity (Wildman–Crippen MR) is 106 cm³/mol. The average Bonchev–Trinajstić information content (AvgIpc) is 2.74. The molecule has 0 atom stereocenters. The fourth-order valence-electron chi connectivity index (χ4n) is 2.54. The molecule has 0 unspecified atom stereocenters. The van der Waals surface area contributed by atoms with Crippen molar-refractivity contribution < 1.29 is 14.3 Å². The summed E-state index contributed by atoms with van der Waals surface area (Å²) in [6.45, 7) is 2.56. The van der Waals surface area contributed by atoms with Crippen LogP contribution in [0.5, 0.6) is 0 Å². The quantitative estimate of drug-likeness (QED) is 0.613. The zero-order valence-corrected chi connectivity index (χ0v) is 15.4. The summed E-state index contributed by atoms with van der Waals surface area (Å²) in [7, 11) is 0. The lowest BCUT2D eigenvalue weighted by Gasteiger charge is -2.11.